The molecule has 0 spiro atoms. The van der Waals surface area contributed by atoms with E-state index in [1.54, 1.807) is 11.3 Å². The molecule has 1 heterocycles. The molecule has 2 nitrogen and oxygen atoms in total. The molecule has 56 valence electrons. The summed E-state index contributed by atoms with van der Waals surface area (Å²) in [7, 11) is 0. The van der Waals surface area contributed by atoms with Gasteiger partial charge in [0, 0.05) is 24.1 Å². The fourth-order valence-electron chi connectivity index (χ4n) is 0.748. The maximum atomic E-state index is 8.51. The van der Waals surface area contributed by atoms with Crippen LogP contribution in [0.2, 0.25) is 0 Å². The molecule has 0 saturated heterocycles. The first kappa shape index (κ1) is 7.69. The van der Waals surface area contributed by atoms with E-state index < -0.39 is 0 Å². The molecule has 0 radical (unpaired) electrons. The molecule has 1 rings (SSSR count). The minimum atomic E-state index is 0.263. The molecule has 0 aromatic carbocycles. The van der Waals surface area contributed by atoms with Crippen molar-refractivity contribution in [3.8, 4) is 0 Å². The molecule has 10 heavy (non-hydrogen) atoms. The van der Waals surface area contributed by atoms with Gasteiger partial charge in [0.15, 0.2) is 0 Å². The summed E-state index contributed by atoms with van der Waals surface area (Å²) in [6.07, 6.45) is 1.74. The number of rotatable bonds is 3. The lowest BCUT2D eigenvalue weighted by atomic mass is 10.3. The number of aromatic nitrogens is 1. The van der Waals surface area contributed by atoms with E-state index >= 15 is 0 Å². The standard InChI is InChI=1S/C7H11NOS/c1-6-5-10-7(8-6)3-2-4-9/h5,9H,2-4H2,1H3. The molecule has 1 aromatic rings. The molecule has 0 aliphatic carbocycles. The van der Waals surface area contributed by atoms with E-state index in [1.807, 2.05) is 12.3 Å². The number of thiazole rings is 1. The lowest BCUT2D eigenvalue weighted by molar-refractivity contribution is 0.288. The Kier molecular flexibility index (Phi) is 2.83. The Hall–Kier alpha value is -0.410. The highest BCUT2D eigenvalue weighted by molar-refractivity contribution is 7.09. The predicted molar refractivity (Wildman–Crippen MR) is 42.3 cm³/mol. The minimum absolute atomic E-state index is 0.263. The van der Waals surface area contributed by atoms with E-state index in [1.165, 1.54) is 0 Å². The molecule has 0 aliphatic heterocycles. The van der Waals surface area contributed by atoms with Gasteiger partial charge in [0.1, 0.15) is 0 Å². The summed E-state index contributed by atoms with van der Waals surface area (Å²) in [5.74, 6) is 0. The van der Waals surface area contributed by atoms with Gasteiger partial charge in [-0.05, 0) is 13.3 Å². The molecule has 0 saturated carbocycles. The zero-order chi connectivity index (χ0) is 7.40. The van der Waals surface area contributed by atoms with E-state index in [2.05, 4.69) is 4.98 Å². The molecule has 0 bridgehead atoms. The average molecular weight is 157 g/mol. The van der Waals surface area contributed by atoms with Crippen LogP contribution in [0.25, 0.3) is 0 Å². The van der Waals surface area contributed by atoms with Gasteiger partial charge in [-0.2, -0.15) is 0 Å². The molecule has 0 unspecified atom stereocenters. The van der Waals surface area contributed by atoms with Crippen LogP contribution in [0.5, 0.6) is 0 Å². The van der Waals surface area contributed by atoms with Crippen LogP contribution in [0.1, 0.15) is 17.1 Å². The van der Waals surface area contributed by atoms with Crippen molar-refractivity contribution >= 4 is 11.3 Å². The van der Waals surface area contributed by atoms with E-state index in [4.69, 9.17) is 5.11 Å². The lowest BCUT2D eigenvalue weighted by Gasteiger charge is -1.89. The summed E-state index contributed by atoms with van der Waals surface area (Å²) in [5.41, 5.74) is 1.08. The maximum absolute atomic E-state index is 8.51. The number of hydrogen-bond donors (Lipinski definition) is 1. The van der Waals surface area contributed by atoms with Crippen molar-refractivity contribution in [3.63, 3.8) is 0 Å². The van der Waals surface area contributed by atoms with Crippen molar-refractivity contribution in [2.45, 2.75) is 19.8 Å². The monoisotopic (exact) mass is 157 g/mol. The van der Waals surface area contributed by atoms with Crippen molar-refractivity contribution in [2.24, 2.45) is 0 Å². The highest BCUT2D eigenvalue weighted by atomic mass is 32.1. The summed E-state index contributed by atoms with van der Waals surface area (Å²) in [5, 5.41) is 11.7. The van der Waals surface area contributed by atoms with Gasteiger partial charge in [-0.15, -0.1) is 11.3 Å². The van der Waals surface area contributed by atoms with Crippen LogP contribution in [0.3, 0.4) is 0 Å². The molecule has 0 aliphatic rings. The fraction of sp³-hybridized carbons (Fsp3) is 0.571. The van der Waals surface area contributed by atoms with E-state index in [9.17, 15) is 0 Å². The third-order valence-corrected chi connectivity index (χ3v) is 2.24. The normalized spacial score (nSPS) is 10.2. The van der Waals surface area contributed by atoms with Gasteiger partial charge in [0.2, 0.25) is 0 Å². The van der Waals surface area contributed by atoms with Crippen molar-refractivity contribution < 1.29 is 5.11 Å². The molecule has 3 heteroatoms. The Morgan fingerprint density at radius 3 is 3.00 bits per heavy atom. The van der Waals surface area contributed by atoms with Crippen LogP contribution >= 0.6 is 11.3 Å². The number of hydrogen-bond acceptors (Lipinski definition) is 3. The first-order chi connectivity index (χ1) is 4.83. The maximum Gasteiger partial charge on any atom is 0.0928 e. The topological polar surface area (TPSA) is 33.1 Å². The molecule has 0 fully saturated rings. The quantitative estimate of drug-likeness (QED) is 0.719. The number of nitrogens with zero attached hydrogens (tertiary/aromatic N) is 1. The van der Waals surface area contributed by atoms with E-state index in [0.29, 0.717) is 0 Å². The average Bonchev–Trinajstić information content (AvgIpc) is 2.31. The van der Waals surface area contributed by atoms with E-state index in [-0.39, 0.29) is 6.61 Å². The van der Waals surface area contributed by atoms with Crippen LogP contribution in [0, 0.1) is 6.92 Å². The first-order valence-electron chi connectivity index (χ1n) is 3.35. The van der Waals surface area contributed by atoms with Crippen LogP contribution in [0.4, 0.5) is 0 Å². The summed E-state index contributed by atoms with van der Waals surface area (Å²) in [4.78, 5) is 4.26. The zero-order valence-electron chi connectivity index (χ0n) is 6.00. The van der Waals surface area contributed by atoms with Crippen molar-refractivity contribution in [1.82, 2.24) is 4.98 Å². The SMILES string of the molecule is Cc1csc(CCCO)n1. The molecule has 0 amide bonds. The second-order valence-corrected chi connectivity index (χ2v) is 3.15. The smallest absolute Gasteiger partial charge is 0.0928 e. The summed E-state index contributed by atoms with van der Waals surface area (Å²) in [6, 6.07) is 0. The lowest BCUT2D eigenvalue weighted by Crippen LogP contribution is -1.87. The van der Waals surface area contributed by atoms with Crippen LogP contribution in [-0.4, -0.2) is 16.7 Å². The van der Waals surface area contributed by atoms with Gasteiger partial charge in [0.05, 0.1) is 5.01 Å². The second-order valence-electron chi connectivity index (χ2n) is 2.21. The fourth-order valence-corrected chi connectivity index (χ4v) is 1.57. The third kappa shape index (κ3) is 2.08. The highest BCUT2D eigenvalue weighted by Gasteiger charge is 1.96. The minimum Gasteiger partial charge on any atom is -0.396 e. The Balaban J connectivity index is 2.42. The molecular formula is C7H11NOS. The Labute approximate surface area is 64.5 Å². The van der Waals surface area contributed by atoms with Gasteiger partial charge in [-0.3, -0.25) is 0 Å². The van der Waals surface area contributed by atoms with Crippen molar-refractivity contribution in [2.75, 3.05) is 6.61 Å². The van der Waals surface area contributed by atoms with Gasteiger partial charge in [-0.1, -0.05) is 0 Å². The summed E-state index contributed by atoms with van der Waals surface area (Å²) >= 11 is 1.67. The Morgan fingerprint density at radius 2 is 2.50 bits per heavy atom. The molecule has 1 N–H and O–H groups in total. The van der Waals surface area contributed by atoms with Gasteiger partial charge < -0.3 is 5.11 Å². The number of aliphatic hydroxyl groups excluding tert-OH is 1. The molecule has 0 atom stereocenters. The van der Waals surface area contributed by atoms with E-state index in [0.717, 1.165) is 23.5 Å². The Morgan fingerprint density at radius 1 is 1.70 bits per heavy atom. The third-order valence-electron chi connectivity index (χ3n) is 1.22. The number of aryl methyl sites for hydroxylation is 2. The van der Waals surface area contributed by atoms with Crippen LogP contribution < -0.4 is 0 Å². The van der Waals surface area contributed by atoms with Gasteiger partial charge in [-0.25, -0.2) is 4.98 Å². The first-order valence-corrected chi connectivity index (χ1v) is 4.23. The van der Waals surface area contributed by atoms with Gasteiger partial charge >= 0.3 is 0 Å². The van der Waals surface area contributed by atoms with Crippen molar-refractivity contribution in [3.05, 3.63) is 16.1 Å². The summed E-state index contributed by atoms with van der Waals surface area (Å²) in [6.45, 7) is 2.25. The molecular weight excluding hydrogens is 146 g/mol. The summed E-state index contributed by atoms with van der Waals surface area (Å²) < 4.78 is 0. The Bertz CT molecular complexity index is 197. The highest BCUT2D eigenvalue weighted by Crippen LogP contribution is 2.09. The van der Waals surface area contributed by atoms with Crippen LogP contribution in [0.15, 0.2) is 5.38 Å². The predicted octanol–water partition coefficient (Wildman–Crippen LogP) is 1.38. The second kappa shape index (κ2) is 3.68. The van der Waals surface area contributed by atoms with Crippen molar-refractivity contribution in [1.29, 1.82) is 0 Å². The largest absolute Gasteiger partial charge is 0.396 e. The number of aliphatic hydroxyl groups is 1. The van der Waals surface area contributed by atoms with Crippen LogP contribution in [-0.2, 0) is 6.42 Å². The molecule has 1 aromatic heterocycles. The zero-order valence-corrected chi connectivity index (χ0v) is 6.82. The van der Waals surface area contributed by atoms with Gasteiger partial charge in [0.25, 0.3) is 0 Å².